The van der Waals surface area contributed by atoms with Crippen molar-refractivity contribution in [2.24, 2.45) is 11.8 Å². The standard InChI is InChI=1S/C18H23N5O3S/c1-2-27(25,26)22-10-14-8-16-20-21-17(23(16)12-15(14)11-22)18(24)19-9-13-6-4-3-5-7-13/h3-7,14-15H,2,8-12H2,1H3,(H,19,24)/t14-,15+/m1/s1. The molecular weight excluding hydrogens is 366 g/mol. The van der Waals surface area contributed by atoms with Crippen molar-refractivity contribution >= 4 is 15.9 Å². The van der Waals surface area contributed by atoms with Crippen molar-refractivity contribution in [1.29, 1.82) is 0 Å². The fraction of sp³-hybridized carbons (Fsp3) is 0.500. The van der Waals surface area contributed by atoms with Crippen LogP contribution in [0.3, 0.4) is 0 Å². The molecule has 0 unspecified atom stereocenters. The van der Waals surface area contributed by atoms with Crippen LogP contribution >= 0.6 is 0 Å². The molecule has 0 aliphatic carbocycles. The molecule has 8 nitrogen and oxygen atoms in total. The van der Waals surface area contributed by atoms with Gasteiger partial charge in [-0.2, -0.15) is 0 Å². The van der Waals surface area contributed by atoms with E-state index in [4.69, 9.17) is 0 Å². The minimum Gasteiger partial charge on any atom is -0.345 e. The molecule has 1 aromatic carbocycles. The molecule has 0 bridgehead atoms. The lowest BCUT2D eigenvalue weighted by Gasteiger charge is -2.25. The van der Waals surface area contributed by atoms with E-state index in [1.807, 2.05) is 34.9 Å². The number of amides is 1. The van der Waals surface area contributed by atoms with E-state index in [9.17, 15) is 13.2 Å². The van der Waals surface area contributed by atoms with Crippen LogP contribution < -0.4 is 5.32 Å². The smallest absolute Gasteiger partial charge is 0.289 e. The number of benzene rings is 1. The molecule has 1 N–H and O–H groups in total. The Morgan fingerprint density at radius 2 is 1.89 bits per heavy atom. The van der Waals surface area contributed by atoms with E-state index in [1.165, 1.54) is 0 Å². The topological polar surface area (TPSA) is 97.2 Å². The molecule has 2 aliphatic rings. The summed E-state index contributed by atoms with van der Waals surface area (Å²) in [4.78, 5) is 12.6. The summed E-state index contributed by atoms with van der Waals surface area (Å²) in [6, 6.07) is 9.69. The molecule has 144 valence electrons. The fourth-order valence-electron chi connectivity index (χ4n) is 3.92. The summed E-state index contributed by atoms with van der Waals surface area (Å²) in [6.07, 6.45) is 0.652. The van der Waals surface area contributed by atoms with Crippen LogP contribution in [-0.4, -0.2) is 52.2 Å². The number of carbonyl (C=O) groups is 1. The summed E-state index contributed by atoms with van der Waals surface area (Å²) in [7, 11) is -3.18. The monoisotopic (exact) mass is 389 g/mol. The average Bonchev–Trinajstić information content (AvgIpc) is 3.28. The molecule has 0 spiro atoms. The zero-order chi connectivity index (χ0) is 19.0. The lowest BCUT2D eigenvalue weighted by atomic mass is 9.89. The van der Waals surface area contributed by atoms with Crippen LogP contribution in [0.15, 0.2) is 30.3 Å². The van der Waals surface area contributed by atoms with Crippen molar-refractivity contribution in [3.63, 3.8) is 0 Å². The number of hydrogen-bond donors (Lipinski definition) is 1. The number of rotatable bonds is 5. The molecule has 1 saturated heterocycles. The molecule has 4 rings (SSSR count). The van der Waals surface area contributed by atoms with E-state index in [0.29, 0.717) is 38.4 Å². The number of carbonyl (C=O) groups excluding carboxylic acids is 1. The van der Waals surface area contributed by atoms with Crippen LogP contribution in [0.1, 0.15) is 28.9 Å². The van der Waals surface area contributed by atoms with Gasteiger partial charge < -0.3 is 9.88 Å². The van der Waals surface area contributed by atoms with Crippen LogP contribution in [0.4, 0.5) is 0 Å². The van der Waals surface area contributed by atoms with Crippen molar-refractivity contribution < 1.29 is 13.2 Å². The van der Waals surface area contributed by atoms with E-state index < -0.39 is 10.0 Å². The zero-order valence-corrected chi connectivity index (χ0v) is 16.0. The Hall–Kier alpha value is -2.26. The number of nitrogens with one attached hydrogen (secondary N) is 1. The quantitative estimate of drug-likeness (QED) is 0.810. The molecule has 2 aliphatic heterocycles. The van der Waals surface area contributed by atoms with Gasteiger partial charge in [-0.05, 0) is 24.3 Å². The second-order valence-corrected chi connectivity index (χ2v) is 9.42. The van der Waals surface area contributed by atoms with Crippen molar-refractivity contribution in [1.82, 2.24) is 24.4 Å². The highest BCUT2D eigenvalue weighted by molar-refractivity contribution is 7.89. The molecule has 2 aromatic rings. The van der Waals surface area contributed by atoms with E-state index in [-0.39, 0.29) is 23.5 Å². The minimum atomic E-state index is -3.18. The Labute approximate surface area is 158 Å². The Kier molecular flexibility index (Phi) is 4.73. The van der Waals surface area contributed by atoms with Crippen LogP contribution in [0.2, 0.25) is 0 Å². The van der Waals surface area contributed by atoms with E-state index in [0.717, 1.165) is 11.4 Å². The maximum atomic E-state index is 12.6. The predicted molar refractivity (Wildman–Crippen MR) is 99.4 cm³/mol. The highest BCUT2D eigenvalue weighted by Crippen LogP contribution is 2.33. The van der Waals surface area contributed by atoms with E-state index in [2.05, 4.69) is 15.5 Å². The summed E-state index contributed by atoms with van der Waals surface area (Å²) in [6.45, 7) is 3.71. The average molecular weight is 389 g/mol. The number of nitrogens with zero attached hydrogens (tertiary/aromatic N) is 4. The van der Waals surface area contributed by atoms with Gasteiger partial charge in [0.25, 0.3) is 5.91 Å². The van der Waals surface area contributed by atoms with Gasteiger partial charge in [-0.3, -0.25) is 4.79 Å². The molecule has 3 heterocycles. The number of aromatic nitrogens is 3. The zero-order valence-electron chi connectivity index (χ0n) is 15.2. The third-order valence-electron chi connectivity index (χ3n) is 5.49. The molecule has 1 fully saturated rings. The van der Waals surface area contributed by atoms with Gasteiger partial charge in [-0.1, -0.05) is 30.3 Å². The molecule has 1 aromatic heterocycles. The van der Waals surface area contributed by atoms with Gasteiger partial charge in [0.15, 0.2) is 0 Å². The second-order valence-electron chi connectivity index (χ2n) is 7.16. The first-order chi connectivity index (χ1) is 13.0. The SMILES string of the molecule is CCS(=O)(=O)N1C[C@H]2Cc3nnc(C(=O)NCc4ccccc4)n3C[C@@H]2C1. The third-order valence-corrected chi connectivity index (χ3v) is 7.30. The highest BCUT2D eigenvalue weighted by Gasteiger charge is 2.42. The number of fused-ring (bicyclic) bond motifs is 2. The summed E-state index contributed by atoms with van der Waals surface area (Å²) in [5, 5.41) is 11.2. The third kappa shape index (κ3) is 3.49. The van der Waals surface area contributed by atoms with Crippen LogP contribution in [0.25, 0.3) is 0 Å². The normalized spacial score (nSPS) is 22.3. The van der Waals surface area contributed by atoms with Gasteiger partial charge in [-0.25, -0.2) is 12.7 Å². The van der Waals surface area contributed by atoms with Crippen molar-refractivity contribution in [3.05, 3.63) is 47.5 Å². The molecule has 2 atom stereocenters. The Morgan fingerprint density at radius 1 is 1.15 bits per heavy atom. The van der Waals surface area contributed by atoms with Gasteiger partial charge in [-0.15, -0.1) is 10.2 Å². The lowest BCUT2D eigenvalue weighted by molar-refractivity contribution is 0.0932. The first-order valence-electron chi connectivity index (χ1n) is 9.20. The summed E-state index contributed by atoms with van der Waals surface area (Å²) in [5.41, 5.74) is 1.01. The van der Waals surface area contributed by atoms with Gasteiger partial charge in [0.05, 0.1) is 5.75 Å². The Morgan fingerprint density at radius 3 is 2.63 bits per heavy atom. The Balaban J connectivity index is 1.46. The Bertz CT molecular complexity index is 941. The molecule has 1 amide bonds. The van der Waals surface area contributed by atoms with Gasteiger partial charge in [0.1, 0.15) is 5.82 Å². The molecule has 0 saturated carbocycles. The first kappa shape index (κ1) is 18.1. The van der Waals surface area contributed by atoms with Crippen molar-refractivity contribution in [2.75, 3.05) is 18.8 Å². The predicted octanol–water partition coefficient (Wildman–Crippen LogP) is 0.662. The molecule has 27 heavy (non-hydrogen) atoms. The van der Waals surface area contributed by atoms with Crippen molar-refractivity contribution in [3.8, 4) is 0 Å². The van der Waals surface area contributed by atoms with Gasteiger partial charge in [0.2, 0.25) is 15.8 Å². The fourth-order valence-corrected chi connectivity index (χ4v) is 5.12. The molecule has 9 heteroatoms. The lowest BCUT2D eigenvalue weighted by Crippen LogP contribution is -2.33. The largest absolute Gasteiger partial charge is 0.345 e. The van der Waals surface area contributed by atoms with Crippen molar-refractivity contribution in [2.45, 2.75) is 26.4 Å². The number of hydrogen-bond acceptors (Lipinski definition) is 5. The van der Waals surface area contributed by atoms with Crippen LogP contribution in [0.5, 0.6) is 0 Å². The molecular formula is C18H23N5O3S. The summed E-state index contributed by atoms with van der Waals surface area (Å²) >= 11 is 0. The minimum absolute atomic E-state index is 0.117. The van der Waals surface area contributed by atoms with E-state index >= 15 is 0 Å². The maximum Gasteiger partial charge on any atom is 0.289 e. The van der Waals surface area contributed by atoms with Crippen LogP contribution in [0, 0.1) is 11.8 Å². The number of sulfonamides is 1. The van der Waals surface area contributed by atoms with Crippen LogP contribution in [-0.2, 0) is 29.5 Å². The molecule has 0 radical (unpaired) electrons. The van der Waals surface area contributed by atoms with Gasteiger partial charge in [0, 0.05) is 32.6 Å². The summed E-state index contributed by atoms with van der Waals surface area (Å²) in [5.74, 6) is 1.35. The highest BCUT2D eigenvalue weighted by atomic mass is 32.2. The second kappa shape index (κ2) is 7.05. The van der Waals surface area contributed by atoms with Gasteiger partial charge >= 0.3 is 0 Å². The summed E-state index contributed by atoms with van der Waals surface area (Å²) < 4.78 is 27.8. The van der Waals surface area contributed by atoms with E-state index in [1.54, 1.807) is 11.2 Å². The first-order valence-corrected chi connectivity index (χ1v) is 10.8. The maximum absolute atomic E-state index is 12.6.